The third-order valence-corrected chi connectivity index (χ3v) is 2.46. The minimum atomic E-state index is 0.0875. The number of carbonyl (C=O) groups is 1. The molecule has 0 radical (unpaired) electrons. The van der Waals surface area contributed by atoms with Crippen molar-refractivity contribution in [3.63, 3.8) is 0 Å². The number of hydrogen-bond acceptors (Lipinski definition) is 4. The third kappa shape index (κ3) is 4.73. The Bertz CT molecular complexity index is 313. The first-order chi connectivity index (χ1) is 7.22. The first kappa shape index (κ1) is 11.9. The fourth-order valence-electron chi connectivity index (χ4n) is 1.09. The van der Waals surface area contributed by atoms with E-state index in [0.717, 1.165) is 5.75 Å². The van der Waals surface area contributed by atoms with Crippen LogP contribution in [-0.2, 0) is 11.3 Å². The lowest BCUT2D eigenvalue weighted by Crippen LogP contribution is -2.27. The Kier molecular flexibility index (Phi) is 5.03. The van der Waals surface area contributed by atoms with Crippen LogP contribution in [0.25, 0.3) is 0 Å². The number of aromatic nitrogens is 2. The molecule has 0 atom stereocenters. The van der Waals surface area contributed by atoms with Gasteiger partial charge in [-0.15, -0.1) is 0 Å². The number of thioether (sulfide) groups is 1. The van der Waals surface area contributed by atoms with Crippen LogP contribution in [0.15, 0.2) is 12.4 Å². The van der Waals surface area contributed by atoms with Crippen LogP contribution < -0.4 is 11.1 Å². The standard InChI is InChI=1S/C9H16N4OS/c1-15-5-2-9(14)11-3-4-13-7-8(10)6-12-13/h6-7H,2-5,10H2,1H3,(H,11,14). The Morgan fingerprint density at radius 2 is 2.53 bits per heavy atom. The van der Waals surface area contributed by atoms with Crippen molar-refractivity contribution in [2.75, 3.05) is 24.3 Å². The summed E-state index contributed by atoms with van der Waals surface area (Å²) in [6.07, 6.45) is 5.89. The van der Waals surface area contributed by atoms with Gasteiger partial charge in [0.25, 0.3) is 0 Å². The number of rotatable bonds is 6. The Balaban J connectivity index is 2.13. The fraction of sp³-hybridized carbons (Fsp3) is 0.556. The SMILES string of the molecule is CSCCC(=O)NCCn1cc(N)cn1. The maximum Gasteiger partial charge on any atom is 0.220 e. The minimum Gasteiger partial charge on any atom is -0.396 e. The van der Waals surface area contributed by atoms with E-state index < -0.39 is 0 Å². The zero-order valence-electron chi connectivity index (χ0n) is 8.77. The predicted molar refractivity (Wildman–Crippen MR) is 62.6 cm³/mol. The summed E-state index contributed by atoms with van der Waals surface area (Å²) in [5, 5.41) is 6.83. The molecule has 1 amide bonds. The molecule has 84 valence electrons. The predicted octanol–water partition coefficient (Wildman–Crippen LogP) is 0.335. The number of nitrogens with two attached hydrogens (primary N) is 1. The molecule has 0 aliphatic rings. The molecule has 0 aliphatic heterocycles. The van der Waals surface area contributed by atoms with Gasteiger partial charge in [-0.25, -0.2) is 0 Å². The second kappa shape index (κ2) is 6.34. The molecule has 0 aromatic carbocycles. The lowest BCUT2D eigenvalue weighted by atomic mass is 10.4. The normalized spacial score (nSPS) is 10.2. The highest BCUT2D eigenvalue weighted by Crippen LogP contribution is 1.97. The molecule has 0 bridgehead atoms. The van der Waals surface area contributed by atoms with Crippen molar-refractivity contribution in [2.24, 2.45) is 0 Å². The Morgan fingerprint density at radius 1 is 1.73 bits per heavy atom. The molecular formula is C9H16N4OS. The molecule has 0 saturated carbocycles. The van der Waals surface area contributed by atoms with Gasteiger partial charge in [0.15, 0.2) is 0 Å². The van der Waals surface area contributed by atoms with Crippen LogP contribution in [0.4, 0.5) is 5.69 Å². The molecule has 15 heavy (non-hydrogen) atoms. The van der Waals surface area contributed by atoms with E-state index in [1.165, 1.54) is 0 Å². The summed E-state index contributed by atoms with van der Waals surface area (Å²) in [4.78, 5) is 11.2. The minimum absolute atomic E-state index is 0.0875. The van der Waals surface area contributed by atoms with E-state index in [9.17, 15) is 4.79 Å². The number of nitrogens with one attached hydrogen (secondary N) is 1. The molecule has 0 unspecified atom stereocenters. The average Bonchev–Trinajstić information content (AvgIpc) is 2.61. The molecule has 1 aromatic heterocycles. The van der Waals surface area contributed by atoms with Gasteiger partial charge in [0.1, 0.15) is 0 Å². The van der Waals surface area contributed by atoms with Crippen molar-refractivity contribution in [1.29, 1.82) is 0 Å². The van der Waals surface area contributed by atoms with Gasteiger partial charge < -0.3 is 11.1 Å². The van der Waals surface area contributed by atoms with Gasteiger partial charge in [-0.2, -0.15) is 16.9 Å². The van der Waals surface area contributed by atoms with Crippen LogP contribution >= 0.6 is 11.8 Å². The highest BCUT2D eigenvalue weighted by molar-refractivity contribution is 7.98. The summed E-state index contributed by atoms with van der Waals surface area (Å²) in [5.41, 5.74) is 6.14. The molecule has 1 aromatic rings. The van der Waals surface area contributed by atoms with E-state index in [2.05, 4.69) is 10.4 Å². The van der Waals surface area contributed by atoms with Gasteiger partial charge in [-0.1, -0.05) is 0 Å². The average molecular weight is 228 g/mol. The van der Waals surface area contributed by atoms with E-state index >= 15 is 0 Å². The zero-order valence-corrected chi connectivity index (χ0v) is 9.59. The zero-order chi connectivity index (χ0) is 11.1. The largest absolute Gasteiger partial charge is 0.396 e. The number of nitrogens with zero attached hydrogens (tertiary/aromatic N) is 2. The van der Waals surface area contributed by atoms with E-state index in [-0.39, 0.29) is 5.91 Å². The third-order valence-electron chi connectivity index (χ3n) is 1.85. The van der Waals surface area contributed by atoms with Crippen molar-refractivity contribution in [1.82, 2.24) is 15.1 Å². The Hall–Kier alpha value is -1.17. The molecule has 0 saturated heterocycles. The monoisotopic (exact) mass is 228 g/mol. The van der Waals surface area contributed by atoms with Crippen LogP contribution in [0.3, 0.4) is 0 Å². The topological polar surface area (TPSA) is 72.9 Å². The highest BCUT2D eigenvalue weighted by atomic mass is 32.2. The van der Waals surface area contributed by atoms with Crippen LogP contribution in [-0.4, -0.2) is 34.2 Å². The maximum absolute atomic E-state index is 11.2. The molecule has 6 heteroatoms. The van der Waals surface area contributed by atoms with E-state index in [4.69, 9.17) is 5.73 Å². The van der Waals surface area contributed by atoms with Gasteiger partial charge in [0.05, 0.1) is 18.4 Å². The smallest absolute Gasteiger partial charge is 0.220 e. The van der Waals surface area contributed by atoms with Crippen LogP contribution in [0, 0.1) is 0 Å². The van der Waals surface area contributed by atoms with Gasteiger partial charge in [0, 0.05) is 24.9 Å². The van der Waals surface area contributed by atoms with E-state index in [1.54, 1.807) is 28.8 Å². The molecule has 1 rings (SSSR count). The van der Waals surface area contributed by atoms with Crippen LogP contribution in [0.2, 0.25) is 0 Å². The first-order valence-electron chi connectivity index (χ1n) is 4.76. The molecule has 1 heterocycles. The fourth-order valence-corrected chi connectivity index (χ4v) is 1.48. The Morgan fingerprint density at radius 3 is 3.13 bits per heavy atom. The second-order valence-electron chi connectivity index (χ2n) is 3.13. The van der Waals surface area contributed by atoms with Crippen molar-refractivity contribution < 1.29 is 4.79 Å². The van der Waals surface area contributed by atoms with Gasteiger partial charge in [-0.3, -0.25) is 9.48 Å². The lowest BCUT2D eigenvalue weighted by Gasteiger charge is -2.04. The summed E-state index contributed by atoms with van der Waals surface area (Å²) in [6.45, 7) is 1.25. The molecule has 5 nitrogen and oxygen atoms in total. The molecule has 0 fully saturated rings. The number of hydrogen-bond donors (Lipinski definition) is 2. The van der Waals surface area contributed by atoms with E-state index in [1.807, 2.05) is 6.26 Å². The summed E-state index contributed by atoms with van der Waals surface area (Å²) < 4.78 is 1.71. The summed E-state index contributed by atoms with van der Waals surface area (Å²) in [6, 6.07) is 0. The van der Waals surface area contributed by atoms with Gasteiger partial charge in [-0.05, 0) is 6.26 Å². The number of anilines is 1. The highest BCUT2D eigenvalue weighted by Gasteiger charge is 1.99. The number of amides is 1. The van der Waals surface area contributed by atoms with Crippen molar-refractivity contribution in [3.05, 3.63) is 12.4 Å². The van der Waals surface area contributed by atoms with Crippen molar-refractivity contribution in [2.45, 2.75) is 13.0 Å². The lowest BCUT2D eigenvalue weighted by molar-refractivity contribution is -0.120. The van der Waals surface area contributed by atoms with Crippen molar-refractivity contribution in [3.8, 4) is 0 Å². The Labute approximate surface area is 93.4 Å². The van der Waals surface area contributed by atoms with Crippen molar-refractivity contribution >= 4 is 23.4 Å². The molecule has 0 aliphatic carbocycles. The molecular weight excluding hydrogens is 212 g/mol. The van der Waals surface area contributed by atoms with Gasteiger partial charge in [0.2, 0.25) is 5.91 Å². The second-order valence-corrected chi connectivity index (χ2v) is 4.12. The van der Waals surface area contributed by atoms with Crippen LogP contribution in [0.1, 0.15) is 6.42 Å². The molecule has 3 N–H and O–H groups in total. The number of carbonyl (C=O) groups excluding carboxylic acids is 1. The first-order valence-corrected chi connectivity index (χ1v) is 6.15. The molecule has 0 spiro atoms. The van der Waals surface area contributed by atoms with Crippen LogP contribution in [0.5, 0.6) is 0 Å². The maximum atomic E-state index is 11.2. The van der Waals surface area contributed by atoms with E-state index in [0.29, 0.717) is 25.2 Å². The summed E-state index contributed by atoms with van der Waals surface area (Å²) in [5.74, 6) is 0.949. The van der Waals surface area contributed by atoms with Gasteiger partial charge >= 0.3 is 0 Å². The summed E-state index contributed by atoms with van der Waals surface area (Å²) >= 11 is 1.67. The number of nitrogen functional groups attached to an aromatic ring is 1. The quantitative estimate of drug-likeness (QED) is 0.736. The summed E-state index contributed by atoms with van der Waals surface area (Å²) in [7, 11) is 0.